The smallest absolute Gasteiger partial charge is 0.225 e. The molecule has 2 rings (SSSR count). The highest BCUT2D eigenvalue weighted by molar-refractivity contribution is 7.89. The van der Waals surface area contributed by atoms with Crippen LogP contribution in [0.4, 0.5) is 0 Å². The summed E-state index contributed by atoms with van der Waals surface area (Å²) < 4.78 is 21.6. The number of nitrogens with zero attached hydrogens (tertiary/aromatic N) is 1. The van der Waals surface area contributed by atoms with E-state index in [1.165, 1.54) is 0 Å². The minimum Gasteiger partial charge on any atom is -0.342 e. The Kier molecular flexibility index (Phi) is 2.50. The third-order valence-electron chi connectivity index (χ3n) is 3.16. The summed E-state index contributed by atoms with van der Waals surface area (Å²) in [4.78, 5) is 13.4. The zero-order valence-electron chi connectivity index (χ0n) is 8.72. The van der Waals surface area contributed by atoms with Gasteiger partial charge in [0, 0.05) is 24.9 Å². The average Bonchev–Trinajstić information content (AvgIpc) is 2.71. The van der Waals surface area contributed by atoms with Crippen LogP contribution in [0.25, 0.3) is 0 Å². The molecule has 0 bridgehead atoms. The first-order chi connectivity index (χ1) is 6.87. The fraction of sp³-hybridized carbons (Fsp3) is 0.889. The van der Waals surface area contributed by atoms with E-state index in [1.54, 1.807) is 4.90 Å². The van der Waals surface area contributed by atoms with Crippen molar-refractivity contribution in [1.82, 2.24) is 4.90 Å². The van der Waals surface area contributed by atoms with Gasteiger partial charge in [0.25, 0.3) is 0 Å². The lowest BCUT2D eigenvalue weighted by molar-refractivity contribution is -0.138. The van der Waals surface area contributed by atoms with Crippen LogP contribution in [0.15, 0.2) is 0 Å². The molecule has 1 aliphatic heterocycles. The second-order valence-electron chi connectivity index (χ2n) is 4.76. The minimum absolute atomic E-state index is 0.00298. The van der Waals surface area contributed by atoms with Gasteiger partial charge in [-0.05, 0) is 12.3 Å². The van der Waals surface area contributed by atoms with Crippen molar-refractivity contribution < 1.29 is 13.2 Å². The number of rotatable bonds is 3. The number of primary sulfonamides is 1. The average molecular weight is 232 g/mol. The number of carbonyl (C=O) groups excluding carboxylic acids is 1. The third kappa shape index (κ3) is 2.49. The van der Waals surface area contributed by atoms with E-state index in [0.29, 0.717) is 19.0 Å². The van der Waals surface area contributed by atoms with Crippen molar-refractivity contribution in [1.29, 1.82) is 0 Å². The van der Waals surface area contributed by atoms with Crippen molar-refractivity contribution in [2.24, 2.45) is 22.9 Å². The predicted octanol–water partition coefficient (Wildman–Crippen LogP) is -0.611. The number of carbonyl (C=O) groups is 1. The molecular formula is C9H16N2O3S. The van der Waals surface area contributed by atoms with Crippen LogP contribution in [0, 0.1) is 17.8 Å². The largest absolute Gasteiger partial charge is 0.342 e. The highest BCUT2D eigenvalue weighted by Gasteiger charge is 2.44. The van der Waals surface area contributed by atoms with Gasteiger partial charge < -0.3 is 4.90 Å². The highest BCUT2D eigenvalue weighted by Crippen LogP contribution is 2.40. The standard InChI is InChI=1S/C9H16N2O3S/c1-6-2-8(6)9(12)11-3-7(4-11)5-15(10,13)14/h6-8H,2-5H2,1H3,(H2,10,13,14). The predicted molar refractivity (Wildman–Crippen MR) is 55.3 cm³/mol. The molecule has 6 heteroatoms. The van der Waals surface area contributed by atoms with E-state index in [-0.39, 0.29) is 23.5 Å². The lowest BCUT2D eigenvalue weighted by Crippen LogP contribution is -2.53. The molecule has 1 amide bonds. The Labute approximate surface area is 89.7 Å². The summed E-state index contributed by atoms with van der Waals surface area (Å²) in [6.07, 6.45) is 0.981. The Balaban J connectivity index is 1.76. The molecule has 0 aromatic heterocycles. The second-order valence-corrected chi connectivity index (χ2v) is 6.42. The van der Waals surface area contributed by atoms with Crippen LogP contribution in [-0.2, 0) is 14.8 Å². The SMILES string of the molecule is CC1CC1C(=O)N1CC(CS(N)(=O)=O)C1. The van der Waals surface area contributed by atoms with E-state index in [0.717, 1.165) is 6.42 Å². The number of sulfonamides is 1. The molecule has 1 aliphatic carbocycles. The maximum absolute atomic E-state index is 11.7. The van der Waals surface area contributed by atoms with Crippen molar-refractivity contribution in [2.75, 3.05) is 18.8 Å². The minimum atomic E-state index is -3.39. The molecule has 0 aromatic carbocycles. The molecule has 2 aliphatic rings. The van der Waals surface area contributed by atoms with E-state index in [2.05, 4.69) is 6.92 Å². The van der Waals surface area contributed by atoms with Crippen LogP contribution in [0.2, 0.25) is 0 Å². The summed E-state index contributed by atoms with van der Waals surface area (Å²) in [5, 5.41) is 4.93. The fourth-order valence-electron chi connectivity index (χ4n) is 2.08. The van der Waals surface area contributed by atoms with E-state index >= 15 is 0 Å². The van der Waals surface area contributed by atoms with E-state index in [4.69, 9.17) is 5.14 Å². The fourth-order valence-corrected chi connectivity index (χ4v) is 2.95. The van der Waals surface area contributed by atoms with Gasteiger partial charge in [0.05, 0.1) is 5.75 Å². The second kappa shape index (κ2) is 3.45. The Morgan fingerprint density at radius 2 is 2.00 bits per heavy atom. The summed E-state index contributed by atoms with van der Waals surface area (Å²) >= 11 is 0. The van der Waals surface area contributed by atoms with E-state index in [1.807, 2.05) is 0 Å². The van der Waals surface area contributed by atoms with Gasteiger partial charge in [0.15, 0.2) is 0 Å². The number of amides is 1. The molecule has 0 spiro atoms. The normalized spacial score (nSPS) is 31.2. The van der Waals surface area contributed by atoms with Crippen LogP contribution < -0.4 is 5.14 Å². The lowest BCUT2D eigenvalue weighted by atomic mass is 10.0. The number of nitrogens with two attached hydrogens (primary N) is 1. The molecule has 15 heavy (non-hydrogen) atoms. The third-order valence-corrected chi connectivity index (χ3v) is 4.10. The molecule has 0 aromatic rings. The first-order valence-corrected chi connectivity index (χ1v) is 6.87. The molecule has 1 saturated heterocycles. The quantitative estimate of drug-likeness (QED) is 0.705. The Morgan fingerprint density at radius 1 is 1.47 bits per heavy atom. The molecule has 2 N–H and O–H groups in total. The van der Waals surface area contributed by atoms with Crippen LogP contribution in [0.1, 0.15) is 13.3 Å². The summed E-state index contributed by atoms with van der Waals surface area (Å²) in [6, 6.07) is 0. The zero-order chi connectivity index (χ0) is 11.2. The van der Waals surface area contributed by atoms with Crippen molar-refractivity contribution in [3.8, 4) is 0 Å². The molecule has 0 radical (unpaired) electrons. The van der Waals surface area contributed by atoms with Gasteiger partial charge >= 0.3 is 0 Å². The van der Waals surface area contributed by atoms with E-state index in [9.17, 15) is 13.2 Å². The van der Waals surface area contributed by atoms with Gasteiger partial charge in [-0.2, -0.15) is 0 Å². The number of hydrogen-bond acceptors (Lipinski definition) is 3. The summed E-state index contributed by atoms with van der Waals surface area (Å²) in [5.74, 6) is 0.929. The van der Waals surface area contributed by atoms with Gasteiger partial charge in [-0.15, -0.1) is 0 Å². The van der Waals surface area contributed by atoms with Crippen molar-refractivity contribution in [2.45, 2.75) is 13.3 Å². The van der Waals surface area contributed by atoms with E-state index < -0.39 is 10.0 Å². The van der Waals surface area contributed by atoms with Gasteiger partial charge in [-0.25, -0.2) is 13.6 Å². The molecule has 5 nitrogen and oxygen atoms in total. The molecule has 2 unspecified atom stereocenters. The topological polar surface area (TPSA) is 80.5 Å². The Hall–Kier alpha value is -0.620. The van der Waals surface area contributed by atoms with Crippen molar-refractivity contribution in [3.63, 3.8) is 0 Å². The Morgan fingerprint density at radius 3 is 2.40 bits per heavy atom. The summed E-state index contributed by atoms with van der Waals surface area (Å²) in [7, 11) is -3.39. The van der Waals surface area contributed by atoms with Crippen molar-refractivity contribution in [3.05, 3.63) is 0 Å². The molecule has 2 atom stereocenters. The Bertz CT molecular complexity index is 373. The van der Waals surface area contributed by atoms with Gasteiger partial charge in [-0.1, -0.05) is 6.92 Å². The molecule has 86 valence electrons. The van der Waals surface area contributed by atoms with Crippen LogP contribution in [0.3, 0.4) is 0 Å². The first kappa shape index (κ1) is 10.9. The highest BCUT2D eigenvalue weighted by atomic mass is 32.2. The zero-order valence-corrected chi connectivity index (χ0v) is 9.53. The number of hydrogen-bond donors (Lipinski definition) is 1. The maximum Gasteiger partial charge on any atom is 0.225 e. The van der Waals surface area contributed by atoms with Gasteiger partial charge in [-0.3, -0.25) is 4.79 Å². The summed E-state index contributed by atoms with van der Waals surface area (Å²) in [5.41, 5.74) is 0. The van der Waals surface area contributed by atoms with Crippen LogP contribution in [-0.4, -0.2) is 38.1 Å². The van der Waals surface area contributed by atoms with Crippen molar-refractivity contribution >= 4 is 15.9 Å². The monoisotopic (exact) mass is 232 g/mol. The van der Waals surface area contributed by atoms with Crippen LogP contribution >= 0.6 is 0 Å². The maximum atomic E-state index is 11.7. The van der Waals surface area contributed by atoms with Gasteiger partial charge in [0.2, 0.25) is 15.9 Å². The molecule has 2 fully saturated rings. The molecular weight excluding hydrogens is 216 g/mol. The first-order valence-electron chi connectivity index (χ1n) is 5.16. The summed E-state index contributed by atoms with van der Waals surface area (Å²) in [6.45, 7) is 3.17. The number of likely N-dealkylation sites (tertiary alicyclic amines) is 1. The molecule has 1 saturated carbocycles. The van der Waals surface area contributed by atoms with Gasteiger partial charge in [0.1, 0.15) is 0 Å². The van der Waals surface area contributed by atoms with Crippen LogP contribution in [0.5, 0.6) is 0 Å². The lowest BCUT2D eigenvalue weighted by Gasteiger charge is -2.39. The molecule has 1 heterocycles.